The molecule has 16 heavy (non-hydrogen) atoms. The van der Waals surface area contributed by atoms with E-state index in [1.54, 1.807) is 6.20 Å². The van der Waals surface area contributed by atoms with Gasteiger partial charge < -0.3 is 5.11 Å². The molecule has 0 aliphatic rings. The first kappa shape index (κ1) is 11.1. The summed E-state index contributed by atoms with van der Waals surface area (Å²) in [4.78, 5) is 4.29. The molecule has 3 heteroatoms. The summed E-state index contributed by atoms with van der Waals surface area (Å²) in [6.45, 7) is 0.152. The van der Waals surface area contributed by atoms with Crippen molar-refractivity contribution in [1.29, 1.82) is 0 Å². The average Bonchev–Trinajstić information content (AvgIpc) is 2.30. The van der Waals surface area contributed by atoms with Gasteiger partial charge in [-0.05, 0) is 36.2 Å². The predicted molar refractivity (Wildman–Crippen MR) is 65.5 cm³/mol. The first-order valence-electron chi connectivity index (χ1n) is 5.11. The molecule has 0 atom stereocenters. The molecule has 0 unspecified atom stereocenters. The molecular formula is C13H12ClNO. The van der Waals surface area contributed by atoms with Crippen molar-refractivity contribution in [2.75, 3.05) is 6.61 Å². The van der Waals surface area contributed by atoms with Gasteiger partial charge >= 0.3 is 0 Å². The third-order valence-electron chi connectivity index (χ3n) is 2.35. The Hall–Kier alpha value is -1.38. The first-order chi connectivity index (χ1) is 7.79. The van der Waals surface area contributed by atoms with Crippen molar-refractivity contribution in [2.45, 2.75) is 6.42 Å². The van der Waals surface area contributed by atoms with Gasteiger partial charge in [0.1, 0.15) is 0 Å². The standard InChI is InChI=1S/C13H12ClNO/c14-12-3-1-2-11(9-12)13-8-10(5-7-16)4-6-15-13/h1-4,6,8-9,16H,5,7H2. The van der Waals surface area contributed by atoms with Gasteiger partial charge in [0, 0.05) is 23.4 Å². The van der Waals surface area contributed by atoms with E-state index < -0.39 is 0 Å². The van der Waals surface area contributed by atoms with Crippen molar-refractivity contribution in [3.63, 3.8) is 0 Å². The number of aliphatic hydroxyl groups is 1. The Balaban J connectivity index is 2.36. The van der Waals surface area contributed by atoms with Crippen LogP contribution in [0.1, 0.15) is 5.56 Å². The van der Waals surface area contributed by atoms with Gasteiger partial charge in [-0.3, -0.25) is 4.98 Å². The average molecular weight is 234 g/mol. The summed E-state index contributed by atoms with van der Waals surface area (Å²) in [6.07, 6.45) is 2.40. The van der Waals surface area contributed by atoms with Crippen molar-refractivity contribution in [1.82, 2.24) is 4.98 Å². The summed E-state index contributed by atoms with van der Waals surface area (Å²) < 4.78 is 0. The summed E-state index contributed by atoms with van der Waals surface area (Å²) >= 11 is 5.93. The first-order valence-corrected chi connectivity index (χ1v) is 5.49. The molecule has 2 nitrogen and oxygen atoms in total. The topological polar surface area (TPSA) is 33.1 Å². The molecule has 1 N–H and O–H groups in total. The Morgan fingerprint density at radius 2 is 2.06 bits per heavy atom. The second-order valence-corrected chi connectivity index (χ2v) is 3.97. The van der Waals surface area contributed by atoms with Crippen molar-refractivity contribution in [3.05, 3.63) is 53.2 Å². The summed E-state index contributed by atoms with van der Waals surface area (Å²) in [5.41, 5.74) is 2.95. The monoisotopic (exact) mass is 233 g/mol. The third kappa shape index (κ3) is 2.60. The van der Waals surface area contributed by atoms with E-state index >= 15 is 0 Å². The number of aromatic nitrogens is 1. The van der Waals surface area contributed by atoms with E-state index in [9.17, 15) is 0 Å². The zero-order valence-electron chi connectivity index (χ0n) is 8.73. The molecule has 2 rings (SSSR count). The van der Waals surface area contributed by atoms with Crippen LogP contribution in [0, 0.1) is 0 Å². The highest BCUT2D eigenvalue weighted by Crippen LogP contribution is 2.21. The number of pyridine rings is 1. The van der Waals surface area contributed by atoms with Crippen LogP contribution in [0.15, 0.2) is 42.6 Å². The fourth-order valence-corrected chi connectivity index (χ4v) is 1.75. The Labute approximate surface area is 99.5 Å². The Kier molecular flexibility index (Phi) is 3.54. The molecule has 0 saturated carbocycles. The molecule has 0 bridgehead atoms. The summed E-state index contributed by atoms with van der Waals surface area (Å²) in [7, 11) is 0. The molecule has 0 saturated heterocycles. The molecule has 1 heterocycles. The number of hydrogen-bond donors (Lipinski definition) is 1. The molecule has 0 aliphatic heterocycles. The highest BCUT2D eigenvalue weighted by Gasteiger charge is 2.01. The Bertz CT molecular complexity index is 485. The minimum atomic E-state index is 0.152. The second kappa shape index (κ2) is 5.10. The molecule has 0 spiro atoms. The molecule has 0 radical (unpaired) electrons. The van der Waals surface area contributed by atoms with Crippen molar-refractivity contribution in [3.8, 4) is 11.3 Å². The zero-order valence-corrected chi connectivity index (χ0v) is 9.48. The van der Waals surface area contributed by atoms with Crippen LogP contribution in [0.4, 0.5) is 0 Å². The van der Waals surface area contributed by atoms with Gasteiger partial charge in [0.25, 0.3) is 0 Å². The van der Waals surface area contributed by atoms with E-state index in [2.05, 4.69) is 4.98 Å². The Morgan fingerprint density at radius 3 is 2.81 bits per heavy atom. The zero-order chi connectivity index (χ0) is 11.4. The summed E-state index contributed by atoms with van der Waals surface area (Å²) in [5, 5.41) is 9.58. The number of rotatable bonds is 3. The fraction of sp³-hybridized carbons (Fsp3) is 0.154. The van der Waals surface area contributed by atoms with Gasteiger partial charge in [-0.25, -0.2) is 0 Å². The molecular weight excluding hydrogens is 222 g/mol. The van der Waals surface area contributed by atoms with Crippen LogP contribution in [-0.4, -0.2) is 16.7 Å². The van der Waals surface area contributed by atoms with Crippen LogP contribution in [-0.2, 0) is 6.42 Å². The maximum atomic E-state index is 8.88. The number of hydrogen-bond acceptors (Lipinski definition) is 2. The molecule has 0 amide bonds. The molecule has 82 valence electrons. The lowest BCUT2D eigenvalue weighted by atomic mass is 10.1. The molecule has 0 aliphatic carbocycles. The lowest BCUT2D eigenvalue weighted by Gasteiger charge is -2.03. The quantitative estimate of drug-likeness (QED) is 0.884. The van der Waals surface area contributed by atoms with Gasteiger partial charge in [0.15, 0.2) is 0 Å². The van der Waals surface area contributed by atoms with E-state index in [1.807, 2.05) is 36.4 Å². The van der Waals surface area contributed by atoms with E-state index in [0.29, 0.717) is 11.4 Å². The van der Waals surface area contributed by atoms with Crippen molar-refractivity contribution in [2.24, 2.45) is 0 Å². The number of aliphatic hydroxyl groups excluding tert-OH is 1. The van der Waals surface area contributed by atoms with E-state index in [-0.39, 0.29) is 6.61 Å². The van der Waals surface area contributed by atoms with Crippen molar-refractivity contribution >= 4 is 11.6 Å². The number of halogens is 1. The summed E-state index contributed by atoms with van der Waals surface area (Å²) in [5.74, 6) is 0. The molecule has 1 aromatic carbocycles. The highest BCUT2D eigenvalue weighted by molar-refractivity contribution is 6.30. The van der Waals surface area contributed by atoms with Gasteiger partial charge in [0.05, 0.1) is 5.69 Å². The normalized spacial score (nSPS) is 10.4. The lowest BCUT2D eigenvalue weighted by molar-refractivity contribution is 0.299. The largest absolute Gasteiger partial charge is 0.396 e. The van der Waals surface area contributed by atoms with Crippen LogP contribution in [0.3, 0.4) is 0 Å². The van der Waals surface area contributed by atoms with Crippen LogP contribution in [0.25, 0.3) is 11.3 Å². The van der Waals surface area contributed by atoms with Crippen LogP contribution >= 0.6 is 11.6 Å². The predicted octanol–water partition coefficient (Wildman–Crippen LogP) is 2.94. The SMILES string of the molecule is OCCc1ccnc(-c2cccc(Cl)c2)c1. The smallest absolute Gasteiger partial charge is 0.0705 e. The van der Waals surface area contributed by atoms with Gasteiger partial charge in [-0.1, -0.05) is 23.7 Å². The van der Waals surface area contributed by atoms with E-state index in [1.165, 1.54) is 0 Å². The number of nitrogens with zero attached hydrogens (tertiary/aromatic N) is 1. The maximum absolute atomic E-state index is 8.88. The molecule has 0 fully saturated rings. The second-order valence-electron chi connectivity index (χ2n) is 3.53. The van der Waals surface area contributed by atoms with E-state index in [0.717, 1.165) is 16.8 Å². The Morgan fingerprint density at radius 1 is 1.19 bits per heavy atom. The maximum Gasteiger partial charge on any atom is 0.0705 e. The van der Waals surface area contributed by atoms with E-state index in [4.69, 9.17) is 16.7 Å². The number of benzene rings is 1. The van der Waals surface area contributed by atoms with Crippen LogP contribution in [0.5, 0.6) is 0 Å². The van der Waals surface area contributed by atoms with Crippen LogP contribution in [0.2, 0.25) is 5.02 Å². The van der Waals surface area contributed by atoms with Gasteiger partial charge in [-0.15, -0.1) is 0 Å². The van der Waals surface area contributed by atoms with Crippen molar-refractivity contribution < 1.29 is 5.11 Å². The highest BCUT2D eigenvalue weighted by atomic mass is 35.5. The van der Waals surface area contributed by atoms with Gasteiger partial charge in [-0.2, -0.15) is 0 Å². The summed E-state index contributed by atoms with van der Waals surface area (Å²) in [6, 6.07) is 11.5. The lowest BCUT2D eigenvalue weighted by Crippen LogP contribution is -1.92. The molecule has 1 aromatic heterocycles. The van der Waals surface area contributed by atoms with Gasteiger partial charge in [0.2, 0.25) is 0 Å². The molecule has 2 aromatic rings. The minimum absolute atomic E-state index is 0.152. The third-order valence-corrected chi connectivity index (χ3v) is 2.58. The van der Waals surface area contributed by atoms with Crippen LogP contribution < -0.4 is 0 Å². The minimum Gasteiger partial charge on any atom is -0.396 e. The fourth-order valence-electron chi connectivity index (χ4n) is 1.56.